The zero-order valence-corrected chi connectivity index (χ0v) is 15.0. The molecule has 0 aromatic heterocycles. The number of carbonyl (C=O) groups is 2. The van der Waals surface area contributed by atoms with Crippen LogP contribution < -0.4 is 0 Å². The highest BCUT2D eigenvalue weighted by Crippen LogP contribution is 2.65. The van der Waals surface area contributed by atoms with E-state index in [0.29, 0.717) is 23.5 Å². The van der Waals surface area contributed by atoms with Crippen LogP contribution in [0.15, 0.2) is 11.6 Å². The first-order chi connectivity index (χ1) is 11.4. The zero-order valence-electron chi connectivity index (χ0n) is 15.0. The molecule has 0 radical (unpaired) electrons. The van der Waals surface area contributed by atoms with Gasteiger partial charge in [0, 0.05) is 18.8 Å². The Bertz CT molecular complexity index is 606. The molecule has 3 heteroatoms. The summed E-state index contributed by atoms with van der Waals surface area (Å²) in [4.78, 5) is 24.2. The third-order valence-corrected chi connectivity index (χ3v) is 8.38. The van der Waals surface area contributed by atoms with Gasteiger partial charge in [-0.2, -0.15) is 0 Å². The molecule has 0 amide bonds. The number of Topliss-reactive ketones (excluding diaryl/α,β-unsaturated/α-hetero) is 2. The molecular weight excluding hydrogens is 300 g/mol. The predicted octanol–water partition coefficient (Wildman–Crippen LogP) is 3.70. The van der Waals surface area contributed by atoms with Crippen LogP contribution in [-0.4, -0.2) is 23.3 Å². The second-order valence-electron chi connectivity index (χ2n) is 9.27. The molecule has 3 fully saturated rings. The molecule has 0 heterocycles. The van der Waals surface area contributed by atoms with Crippen molar-refractivity contribution in [1.29, 1.82) is 0 Å². The Hall–Kier alpha value is -0.960. The van der Waals surface area contributed by atoms with Crippen molar-refractivity contribution in [3.05, 3.63) is 11.6 Å². The van der Waals surface area contributed by atoms with Crippen molar-refractivity contribution in [2.24, 2.45) is 34.5 Å². The molecule has 4 aliphatic rings. The minimum Gasteiger partial charge on any atom is -0.389 e. The highest BCUT2D eigenvalue weighted by Gasteiger charge is 2.58. The second-order valence-corrected chi connectivity index (χ2v) is 9.27. The monoisotopic (exact) mass is 330 g/mol. The van der Waals surface area contributed by atoms with E-state index in [1.165, 1.54) is 6.42 Å². The molecule has 0 aliphatic heterocycles. The maximum Gasteiger partial charge on any atom is 0.161 e. The molecule has 24 heavy (non-hydrogen) atoms. The van der Waals surface area contributed by atoms with E-state index < -0.39 is 0 Å². The number of hydrogen-bond donors (Lipinski definition) is 1. The van der Waals surface area contributed by atoms with Gasteiger partial charge in [0.15, 0.2) is 5.78 Å². The van der Waals surface area contributed by atoms with Crippen molar-refractivity contribution in [3.8, 4) is 0 Å². The zero-order chi connectivity index (χ0) is 17.1. The van der Waals surface area contributed by atoms with Crippen LogP contribution in [0, 0.1) is 34.5 Å². The van der Waals surface area contributed by atoms with Crippen molar-refractivity contribution < 1.29 is 14.7 Å². The van der Waals surface area contributed by atoms with Crippen molar-refractivity contribution in [2.75, 3.05) is 6.61 Å². The summed E-state index contributed by atoms with van der Waals surface area (Å²) in [5.41, 5.74) is 1.85. The van der Waals surface area contributed by atoms with Crippen molar-refractivity contribution in [1.82, 2.24) is 0 Å². The van der Waals surface area contributed by atoms with Crippen LogP contribution in [0.4, 0.5) is 0 Å². The first-order valence-corrected chi connectivity index (χ1v) is 9.76. The first kappa shape index (κ1) is 16.5. The van der Waals surface area contributed by atoms with Gasteiger partial charge < -0.3 is 5.11 Å². The standard InChI is InChI=1S/C21H30O3/c1-20-9-7-14(23)11-13(20)3-4-15-16-5-6-18(19(24)12-22)21(16,2)10-8-17(15)20/h8,13,15-16,18,22H,3-7,9-12H2,1-2H3. The van der Waals surface area contributed by atoms with Crippen LogP contribution in [-0.2, 0) is 9.59 Å². The number of rotatable bonds is 2. The maximum absolute atomic E-state index is 12.3. The third-order valence-electron chi connectivity index (χ3n) is 8.38. The largest absolute Gasteiger partial charge is 0.389 e. The van der Waals surface area contributed by atoms with Crippen LogP contribution in [0.25, 0.3) is 0 Å². The van der Waals surface area contributed by atoms with E-state index >= 15 is 0 Å². The number of fused-ring (bicyclic) bond motifs is 5. The van der Waals surface area contributed by atoms with Gasteiger partial charge in [0.25, 0.3) is 0 Å². The van der Waals surface area contributed by atoms with Crippen molar-refractivity contribution in [3.63, 3.8) is 0 Å². The molecule has 4 aliphatic carbocycles. The SMILES string of the molecule is CC12CCC(=O)CC1CCC1C2=CCC2(C)C(C(=O)CO)CCC12. The topological polar surface area (TPSA) is 54.4 Å². The average Bonchev–Trinajstić information content (AvgIpc) is 2.92. The molecule has 0 aromatic rings. The van der Waals surface area contributed by atoms with E-state index in [2.05, 4.69) is 19.9 Å². The summed E-state index contributed by atoms with van der Waals surface area (Å²) >= 11 is 0. The van der Waals surface area contributed by atoms with Crippen LogP contribution in [0.1, 0.15) is 65.2 Å². The molecule has 6 unspecified atom stereocenters. The number of allylic oxidation sites excluding steroid dienone is 2. The van der Waals surface area contributed by atoms with Crippen LogP contribution >= 0.6 is 0 Å². The van der Waals surface area contributed by atoms with Crippen LogP contribution in [0.5, 0.6) is 0 Å². The first-order valence-electron chi connectivity index (χ1n) is 9.76. The van der Waals surface area contributed by atoms with Gasteiger partial charge in [0.05, 0.1) is 0 Å². The molecule has 3 saturated carbocycles. The number of aliphatic hydroxyl groups is 1. The Kier molecular flexibility index (Phi) is 3.80. The smallest absolute Gasteiger partial charge is 0.161 e. The van der Waals surface area contributed by atoms with Crippen molar-refractivity contribution in [2.45, 2.75) is 65.2 Å². The van der Waals surface area contributed by atoms with E-state index in [-0.39, 0.29) is 29.1 Å². The Morgan fingerprint density at radius 1 is 1.25 bits per heavy atom. The normalized spacial score (nSPS) is 47.5. The Balaban J connectivity index is 1.67. The molecule has 1 N–H and O–H groups in total. The molecule has 3 nitrogen and oxygen atoms in total. The van der Waals surface area contributed by atoms with E-state index in [0.717, 1.165) is 44.9 Å². The van der Waals surface area contributed by atoms with Gasteiger partial charge in [0.2, 0.25) is 0 Å². The lowest BCUT2D eigenvalue weighted by atomic mass is 9.49. The number of aliphatic hydroxyl groups excluding tert-OH is 1. The Labute approximate surface area is 144 Å². The number of hydrogen-bond acceptors (Lipinski definition) is 3. The highest BCUT2D eigenvalue weighted by atomic mass is 16.3. The summed E-state index contributed by atoms with van der Waals surface area (Å²) in [6.45, 7) is 4.38. The van der Waals surface area contributed by atoms with Gasteiger partial charge >= 0.3 is 0 Å². The van der Waals surface area contributed by atoms with Crippen LogP contribution in [0.2, 0.25) is 0 Å². The van der Waals surface area contributed by atoms with Crippen LogP contribution in [0.3, 0.4) is 0 Å². The molecule has 0 saturated heterocycles. The fourth-order valence-corrected chi connectivity index (χ4v) is 6.96. The Morgan fingerprint density at radius 2 is 2.04 bits per heavy atom. The lowest BCUT2D eigenvalue weighted by Gasteiger charge is -2.55. The summed E-state index contributed by atoms with van der Waals surface area (Å²) in [6, 6.07) is 0. The molecular formula is C21H30O3. The van der Waals surface area contributed by atoms with E-state index in [4.69, 9.17) is 0 Å². The minimum absolute atomic E-state index is 0.0294. The van der Waals surface area contributed by atoms with Gasteiger partial charge in [0.1, 0.15) is 12.4 Å². The summed E-state index contributed by atoms with van der Waals surface area (Å²) in [5, 5.41) is 9.36. The van der Waals surface area contributed by atoms with E-state index in [1.54, 1.807) is 5.57 Å². The molecule has 4 rings (SSSR count). The van der Waals surface area contributed by atoms with Gasteiger partial charge in [-0.3, -0.25) is 9.59 Å². The average molecular weight is 330 g/mol. The second kappa shape index (κ2) is 5.52. The highest BCUT2D eigenvalue weighted by molar-refractivity contribution is 5.83. The molecule has 0 aromatic carbocycles. The summed E-state index contributed by atoms with van der Waals surface area (Å²) in [6.07, 6.45) is 10.3. The predicted molar refractivity (Wildman–Crippen MR) is 92.3 cm³/mol. The van der Waals surface area contributed by atoms with Gasteiger partial charge in [-0.05, 0) is 67.1 Å². The molecule has 132 valence electrons. The number of ketones is 2. The summed E-state index contributed by atoms with van der Waals surface area (Å²) < 4.78 is 0. The maximum atomic E-state index is 12.3. The van der Waals surface area contributed by atoms with Gasteiger partial charge in [-0.1, -0.05) is 25.5 Å². The van der Waals surface area contributed by atoms with Crippen molar-refractivity contribution >= 4 is 11.6 Å². The van der Waals surface area contributed by atoms with E-state index in [9.17, 15) is 14.7 Å². The lowest BCUT2D eigenvalue weighted by molar-refractivity contribution is -0.130. The lowest BCUT2D eigenvalue weighted by Crippen LogP contribution is -2.48. The fourth-order valence-electron chi connectivity index (χ4n) is 6.96. The molecule has 6 atom stereocenters. The van der Waals surface area contributed by atoms with E-state index in [1.807, 2.05) is 0 Å². The third kappa shape index (κ3) is 2.13. The Morgan fingerprint density at radius 3 is 2.79 bits per heavy atom. The quantitative estimate of drug-likeness (QED) is 0.786. The summed E-state index contributed by atoms with van der Waals surface area (Å²) in [5.74, 6) is 2.22. The van der Waals surface area contributed by atoms with Gasteiger partial charge in [-0.25, -0.2) is 0 Å². The minimum atomic E-state index is -0.309. The molecule has 0 bridgehead atoms. The number of carbonyl (C=O) groups excluding carboxylic acids is 2. The fraction of sp³-hybridized carbons (Fsp3) is 0.810. The van der Waals surface area contributed by atoms with Gasteiger partial charge in [-0.15, -0.1) is 0 Å². The molecule has 0 spiro atoms. The summed E-state index contributed by atoms with van der Waals surface area (Å²) in [7, 11) is 0.